The summed E-state index contributed by atoms with van der Waals surface area (Å²) in [5, 5.41) is 6.18. The largest absolute Gasteiger partial charge is 0.472 e. The van der Waals surface area contributed by atoms with E-state index in [9.17, 15) is 27.6 Å². The maximum absolute atomic E-state index is 14.4. The first kappa shape index (κ1) is 39.3. The minimum Gasteiger partial charge on any atom is -0.472 e. The van der Waals surface area contributed by atoms with Crippen molar-refractivity contribution in [2.45, 2.75) is 116 Å². The van der Waals surface area contributed by atoms with E-state index in [0.717, 1.165) is 16.3 Å². The molecule has 1 aliphatic carbocycles. The van der Waals surface area contributed by atoms with Gasteiger partial charge in [0.2, 0.25) is 27.7 Å². The molecule has 1 saturated heterocycles. The van der Waals surface area contributed by atoms with Crippen LogP contribution in [0.4, 0.5) is 4.79 Å². The van der Waals surface area contributed by atoms with Crippen LogP contribution in [0.2, 0.25) is 0 Å². The van der Waals surface area contributed by atoms with Gasteiger partial charge in [-0.25, -0.2) is 22.9 Å². The maximum atomic E-state index is 14.4. The number of amides is 4. The number of nitrogens with one attached hydrogen (secondary N) is 3. The van der Waals surface area contributed by atoms with Crippen molar-refractivity contribution in [3.8, 4) is 5.88 Å². The summed E-state index contributed by atoms with van der Waals surface area (Å²) < 4.78 is 38.9. The Morgan fingerprint density at radius 2 is 1.69 bits per heavy atom. The van der Waals surface area contributed by atoms with Crippen LogP contribution in [0.15, 0.2) is 54.9 Å². The molecule has 0 bridgehead atoms. The highest BCUT2D eigenvalue weighted by molar-refractivity contribution is 7.91. The van der Waals surface area contributed by atoms with Gasteiger partial charge in [-0.15, -0.1) is 0 Å². The van der Waals surface area contributed by atoms with Gasteiger partial charge in [0.05, 0.1) is 11.8 Å². The Balaban J connectivity index is 1.66. The molecule has 3 atom stereocenters. The van der Waals surface area contributed by atoms with Crippen LogP contribution < -0.4 is 20.1 Å². The molecule has 1 aliphatic heterocycles. The van der Waals surface area contributed by atoms with Crippen molar-refractivity contribution in [2.24, 2.45) is 5.41 Å². The van der Waals surface area contributed by atoms with Crippen molar-refractivity contribution in [3.63, 3.8) is 0 Å². The number of carbonyl (C=O) groups is 4. The predicted octanol–water partition coefficient (Wildman–Crippen LogP) is 4.61. The third kappa shape index (κ3) is 10.1. The van der Waals surface area contributed by atoms with E-state index in [-0.39, 0.29) is 24.1 Å². The molecule has 1 aromatic carbocycles. The molecule has 51 heavy (non-hydrogen) atoms. The van der Waals surface area contributed by atoms with Crippen LogP contribution in [-0.4, -0.2) is 77.7 Å². The average molecular weight is 726 g/mol. The standard InChI is InChI=1S/C37H51N5O8S/c1-11-12-27(30(43)41-51(47,48)25-14-15-25)39-31(44)28-20-24(49-32-26-16-13-23(35(2,3)4)19-22(26)17-18-38-32)21-42(28)33(45)29(36(5,6)7)40-34(46)50-37(8,9)10/h11-13,16-19,24-25,28-29H,1,14-15,20-21H2,2-10H3,(H,39,44)(H,40,46)(H,41,43)/b27-12+/t24-,28+,29-/m1/s1. The highest BCUT2D eigenvalue weighted by Crippen LogP contribution is 2.33. The normalized spacial score (nSPS) is 19.2. The van der Waals surface area contributed by atoms with Crippen molar-refractivity contribution < 1.29 is 37.1 Å². The molecular formula is C37H51N5O8S. The van der Waals surface area contributed by atoms with Crippen molar-refractivity contribution in [2.75, 3.05) is 6.54 Å². The van der Waals surface area contributed by atoms with E-state index in [1.54, 1.807) is 47.7 Å². The second kappa shape index (κ2) is 14.6. The summed E-state index contributed by atoms with van der Waals surface area (Å²) in [4.78, 5) is 60.1. The zero-order chi connectivity index (χ0) is 38.1. The fourth-order valence-corrected chi connectivity index (χ4v) is 6.93. The SMILES string of the molecule is C=C/C=C(/NC(=O)[C@@H]1C[C@@H](Oc2nccc3cc(C(C)(C)C)ccc23)CN1C(=O)[C@@H](NC(=O)OC(C)(C)C)C(C)(C)C)C(=O)NS(=O)(=O)C1CC1. The number of nitrogens with zero attached hydrogens (tertiary/aromatic N) is 2. The van der Waals surface area contributed by atoms with Crippen molar-refractivity contribution in [1.29, 1.82) is 0 Å². The molecule has 13 nitrogen and oxygen atoms in total. The number of sulfonamides is 1. The molecule has 1 aromatic heterocycles. The summed E-state index contributed by atoms with van der Waals surface area (Å²) in [6.07, 6.45) is 3.40. The lowest BCUT2D eigenvalue weighted by Crippen LogP contribution is -2.58. The minimum atomic E-state index is -3.92. The summed E-state index contributed by atoms with van der Waals surface area (Å²) in [7, 11) is -3.92. The molecule has 278 valence electrons. The fourth-order valence-electron chi connectivity index (χ4n) is 5.64. The number of pyridine rings is 1. The zero-order valence-corrected chi connectivity index (χ0v) is 31.8. The second-order valence-electron chi connectivity index (χ2n) is 16.2. The van der Waals surface area contributed by atoms with Gasteiger partial charge in [0.25, 0.3) is 5.91 Å². The Labute approximate surface area is 300 Å². The van der Waals surface area contributed by atoms with Gasteiger partial charge in [-0.2, -0.15) is 0 Å². The summed E-state index contributed by atoms with van der Waals surface area (Å²) in [6.45, 7) is 20.3. The number of hydrogen-bond donors (Lipinski definition) is 3. The van der Waals surface area contributed by atoms with Crippen molar-refractivity contribution >= 4 is 44.6 Å². The van der Waals surface area contributed by atoms with E-state index in [1.807, 2.05) is 22.9 Å². The van der Waals surface area contributed by atoms with Crippen molar-refractivity contribution in [3.05, 3.63) is 60.5 Å². The number of alkyl carbamates (subject to hydrolysis) is 1. The Kier molecular flexibility index (Phi) is 11.3. The molecule has 4 rings (SSSR count). The molecular weight excluding hydrogens is 675 g/mol. The number of aromatic nitrogens is 1. The lowest BCUT2D eigenvalue weighted by Gasteiger charge is -2.35. The zero-order valence-electron chi connectivity index (χ0n) is 31.0. The van der Waals surface area contributed by atoms with E-state index in [1.165, 1.54) is 17.1 Å². The first-order valence-electron chi connectivity index (χ1n) is 17.1. The number of likely N-dealkylation sites (tertiary alicyclic amines) is 1. The van der Waals surface area contributed by atoms with E-state index in [0.29, 0.717) is 18.7 Å². The highest BCUT2D eigenvalue weighted by Gasteiger charge is 2.47. The summed E-state index contributed by atoms with van der Waals surface area (Å²) in [5.41, 5.74) is -0.961. The second-order valence-corrected chi connectivity index (χ2v) is 18.2. The van der Waals surface area contributed by atoms with Crippen LogP contribution >= 0.6 is 0 Å². The number of carbonyl (C=O) groups excluding carboxylic acids is 4. The van der Waals surface area contributed by atoms with E-state index < -0.39 is 68.3 Å². The molecule has 0 unspecified atom stereocenters. The van der Waals surface area contributed by atoms with Crippen LogP contribution in [0, 0.1) is 5.41 Å². The van der Waals surface area contributed by atoms with Gasteiger partial charge in [0.15, 0.2) is 0 Å². The van der Waals surface area contributed by atoms with Crippen LogP contribution in [0.3, 0.4) is 0 Å². The number of allylic oxidation sites excluding steroid dienone is 2. The molecule has 3 N–H and O–H groups in total. The Bertz CT molecular complexity index is 1830. The third-order valence-corrected chi connectivity index (χ3v) is 10.3. The molecule has 0 spiro atoms. The summed E-state index contributed by atoms with van der Waals surface area (Å²) in [6, 6.07) is 5.59. The fraction of sp³-hybridized carbons (Fsp3) is 0.541. The van der Waals surface area contributed by atoms with Crippen LogP contribution in [-0.2, 0) is 34.6 Å². The number of hydrogen-bond acceptors (Lipinski definition) is 9. The van der Waals surface area contributed by atoms with E-state index in [2.05, 4.69) is 49.0 Å². The van der Waals surface area contributed by atoms with Crippen LogP contribution in [0.25, 0.3) is 10.8 Å². The molecule has 14 heteroatoms. The Morgan fingerprint density at radius 3 is 2.25 bits per heavy atom. The first-order valence-corrected chi connectivity index (χ1v) is 18.6. The molecule has 0 radical (unpaired) electrons. The summed E-state index contributed by atoms with van der Waals surface area (Å²) >= 11 is 0. The Hall–Kier alpha value is -4.46. The quantitative estimate of drug-likeness (QED) is 0.234. The average Bonchev–Trinajstić information content (AvgIpc) is 3.78. The van der Waals surface area contributed by atoms with Crippen LogP contribution in [0.1, 0.15) is 87.1 Å². The predicted molar refractivity (Wildman–Crippen MR) is 194 cm³/mol. The number of ether oxygens (including phenoxy) is 2. The van der Waals surface area contributed by atoms with Crippen molar-refractivity contribution in [1.82, 2.24) is 25.2 Å². The smallest absolute Gasteiger partial charge is 0.408 e. The minimum absolute atomic E-state index is 0.00236. The van der Waals surface area contributed by atoms with Gasteiger partial charge >= 0.3 is 6.09 Å². The molecule has 4 amide bonds. The molecule has 1 saturated carbocycles. The molecule has 2 heterocycles. The van der Waals surface area contributed by atoms with Gasteiger partial charge in [0, 0.05) is 18.0 Å². The summed E-state index contributed by atoms with van der Waals surface area (Å²) in [5.74, 6) is -2.04. The lowest BCUT2D eigenvalue weighted by molar-refractivity contribution is -0.142. The van der Waals surface area contributed by atoms with Gasteiger partial charge < -0.3 is 25.0 Å². The van der Waals surface area contributed by atoms with Gasteiger partial charge in [-0.05, 0) is 73.6 Å². The van der Waals surface area contributed by atoms with E-state index in [4.69, 9.17) is 9.47 Å². The topological polar surface area (TPSA) is 173 Å². The first-order chi connectivity index (χ1) is 23.5. The maximum Gasteiger partial charge on any atom is 0.408 e. The van der Waals surface area contributed by atoms with Crippen LogP contribution in [0.5, 0.6) is 5.88 Å². The lowest BCUT2D eigenvalue weighted by atomic mass is 9.85. The third-order valence-electron chi connectivity index (χ3n) is 8.48. The van der Waals surface area contributed by atoms with Gasteiger partial charge in [-0.3, -0.25) is 14.4 Å². The molecule has 2 fully saturated rings. The number of rotatable bonds is 10. The molecule has 2 aromatic rings. The van der Waals surface area contributed by atoms with Gasteiger partial charge in [0.1, 0.15) is 29.5 Å². The van der Waals surface area contributed by atoms with Gasteiger partial charge in [-0.1, -0.05) is 66.3 Å². The number of benzene rings is 1. The highest BCUT2D eigenvalue weighted by atomic mass is 32.2. The van der Waals surface area contributed by atoms with E-state index >= 15 is 0 Å². The number of fused-ring (bicyclic) bond motifs is 1. The molecule has 2 aliphatic rings. The Morgan fingerprint density at radius 1 is 1.02 bits per heavy atom. The monoisotopic (exact) mass is 725 g/mol.